The molecule has 6 rings (SSSR count). The quantitative estimate of drug-likeness (QED) is 0.332. The summed E-state index contributed by atoms with van der Waals surface area (Å²) < 4.78 is 29.5. The monoisotopic (exact) mass is 486 g/mol. The van der Waals surface area contributed by atoms with E-state index in [2.05, 4.69) is 6.08 Å². The van der Waals surface area contributed by atoms with Gasteiger partial charge in [0.1, 0.15) is 18.1 Å². The van der Waals surface area contributed by atoms with Crippen molar-refractivity contribution in [1.82, 2.24) is 0 Å². The number of rotatable bonds is 5. The van der Waals surface area contributed by atoms with Crippen molar-refractivity contribution in [2.24, 2.45) is 0 Å². The van der Waals surface area contributed by atoms with Gasteiger partial charge >= 0.3 is 5.97 Å². The highest BCUT2D eigenvalue weighted by Gasteiger charge is 2.45. The van der Waals surface area contributed by atoms with Gasteiger partial charge < -0.3 is 23.7 Å². The Morgan fingerprint density at radius 3 is 2.43 bits per heavy atom. The number of ether oxygens (including phenoxy) is 5. The van der Waals surface area contributed by atoms with Gasteiger partial charge in [0.25, 0.3) is 0 Å². The summed E-state index contributed by atoms with van der Waals surface area (Å²) in [6.07, 6.45) is 2.06. The molecule has 0 saturated carbocycles. The zero-order valence-electron chi connectivity index (χ0n) is 19.4. The number of methoxy groups -OCH3 is 3. The van der Waals surface area contributed by atoms with E-state index < -0.39 is 5.60 Å². The highest BCUT2D eigenvalue weighted by Crippen LogP contribution is 2.53. The second-order valence-electron chi connectivity index (χ2n) is 8.32. The lowest BCUT2D eigenvalue weighted by molar-refractivity contribution is 0.0534. The maximum atomic E-state index is 12.8. The molecule has 0 amide bonds. The summed E-state index contributed by atoms with van der Waals surface area (Å²) in [6.45, 7) is 0.156. The first-order chi connectivity index (χ1) is 17.1. The molecule has 1 aromatic heterocycles. The molecule has 0 aliphatic carbocycles. The minimum Gasteiger partial charge on any atom is -0.496 e. The van der Waals surface area contributed by atoms with Gasteiger partial charge in [0.15, 0.2) is 17.1 Å². The third kappa shape index (κ3) is 3.12. The van der Waals surface area contributed by atoms with E-state index >= 15 is 0 Å². The summed E-state index contributed by atoms with van der Waals surface area (Å²) in [5, 5.41) is 3.63. The summed E-state index contributed by atoms with van der Waals surface area (Å²) >= 11 is 1.59. The number of hydrogen-bond acceptors (Lipinski definition) is 7. The van der Waals surface area contributed by atoms with Crippen molar-refractivity contribution >= 4 is 33.7 Å². The summed E-state index contributed by atoms with van der Waals surface area (Å²) in [5.74, 6) is 2.07. The highest BCUT2D eigenvalue weighted by molar-refractivity contribution is 7.10. The lowest BCUT2D eigenvalue weighted by Gasteiger charge is -2.39. The van der Waals surface area contributed by atoms with E-state index in [0.29, 0.717) is 28.6 Å². The Kier molecular flexibility index (Phi) is 4.96. The van der Waals surface area contributed by atoms with Gasteiger partial charge in [0.2, 0.25) is 0 Å². The first kappa shape index (κ1) is 21.6. The van der Waals surface area contributed by atoms with Crippen LogP contribution >= 0.6 is 11.3 Å². The van der Waals surface area contributed by atoms with Crippen molar-refractivity contribution < 1.29 is 28.5 Å². The molecule has 4 aromatic rings. The summed E-state index contributed by atoms with van der Waals surface area (Å²) in [6, 6.07) is 17.4. The van der Waals surface area contributed by atoms with Gasteiger partial charge in [-0.2, -0.15) is 0 Å². The molecule has 0 N–H and O–H groups in total. The number of thiophene rings is 1. The van der Waals surface area contributed by atoms with Crippen LogP contribution in [-0.4, -0.2) is 33.9 Å². The fourth-order valence-corrected chi connectivity index (χ4v) is 5.80. The van der Waals surface area contributed by atoms with Crippen molar-refractivity contribution in [2.75, 3.05) is 27.9 Å². The number of esters is 1. The molecule has 1 atom stereocenters. The Labute approximate surface area is 206 Å². The topological polar surface area (TPSA) is 63.2 Å². The standard InChI is InChI=1S/C28H22O6S/c1-30-21-8-5-4-7-20(21)28(24-9-6-10-35-24)14-17-15-33-27(29)19-11-16-12-22(31-2)23(32-3)13-18(16)26(34-28)25(17)19/h4-14H,15H2,1-3H3. The van der Waals surface area contributed by atoms with Crippen LogP contribution in [0, 0.1) is 0 Å². The highest BCUT2D eigenvalue weighted by atomic mass is 32.1. The number of cyclic esters (lactones) is 1. The van der Waals surface area contributed by atoms with Gasteiger partial charge in [-0.15, -0.1) is 11.3 Å². The molecule has 0 spiro atoms. The Morgan fingerprint density at radius 2 is 1.69 bits per heavy atom. The Hall–Kier alpha value is -3.97. The van der Waals surface area contributed by atoms with Gasteiger partial charge in [-0.1, -0.05) is 24.3 Å². The fourth-order valence-electron chi connectivity index (χ4n) is 4.95. The van der Waals surface area contributed by atoms with Gasteiger partial charge in [-0.3, -0.25) is 0 Å². The smallest absolute Gasteiger partial charge is 0.339 e. The average molecular weight is 487 g/mol. The van der Waals surface area contributed by atoms with E-state index in [0.717, 1.165) is 32.3 Å². The number of carbonyl (C=O) groups excluding carboxylic acids is 1. The SMILES string of the molecule is COc1cc2cc3c4c(c2cc1OC)OC(c1cccs1)(c1ccccc1OC)C=C4COC3=O. The average Bonchev–Trinajstić information content (AvgIpc) is 3.45. The number of hydrogen-bond donors (Lipinski definition) is 0. The zero-order chi connectivity index (χ0) is 24.2. The first-order valence-electron chi connectivity index (χ1n) is 11.1. The molecule has 3 aromatic carbocycles. The Bertz CT molecular complexity index is 1500. The number of carbonyl (C=O) groups is 1. The molecule has 0 radical (unpaired) electrons. The van der Waals surface area contributed by atoms with Crippen LogP contribution in [-0.2, 0) is 10.3 Å². The minimum absolute atomic E-state index is 0.156. The molecule has 3 heterocycles. The number of fused-ring (bicyclic) bond motifs is 2. The van der Waals surface area contributed by atoms with E-state index in [1.165, 1.54) is 0 Å². The number of para-hydroxylation sites is 1. The van der Waals surface area contributed by atoms with Gasteiger partial charge in [-0.05, 0) is 47.2 Å². The molecule has 35 heavy (non-hydrogen) atoms. The third-order valence-electron chi connectivity index (χ3n) is 6.53. The zero-order valence-corrected chi connectivity index (χ0v) is 20.2. The maximum Gasteiger partial charge on any atom is 0.339 e. The molecular formula is C28H22O6S. The van der Waals surface area contributed by atoms with Gasteiger partial charge in [0.05, 0.1) is 31.8 Å². The summed E-state index contributed by atoms with van der Waals surface area (Å²) in [4.78, 5) is 13.8. The van der Waals surface area contributed by atoms with Crippen LogP contribution in [0.5, 0.6) is 23.0 Å². The van der Waals surface area contributed by atoms with Crippen LogP contribution in [0.25, 0.3) is 16.3 Å². The molecule has 7 heteroatoms. The molecule has 0 saturated heterocycles. The molecule has 176 valence electrons. The summed E-state index contributed by atoms with van der Waals surface area (Å²) in [7, 11) is 4.83. The van der Waals surface area contributed by atoms with E-state index in [4.69, 9.17) is 23.7 Å². The van der Waals surface area contributed by atoms with Gasteiger partial charge in [-0.25, -0.2) is 4.79 Å². The molecule has 2 aliphatic rings. The lowest BCUT2D eigenvalue weighted by Crippen LogP contribution is -2.37. The Balaban J connectivity index is 1.72. The fraction of sp³-hybridized carbons (Fsp3) is 0.179. The van der Waals surface area contributed by atoms with E-state index in [1.54, 1.807) is 32.7 Å². The van der Waals surface area contributed by atoms with Crippen LogP contribution < -0.4 is 18.9 Å². The van der Waals surface area contributed by atoms with Crippen LogP contribution in [0.15, 0.2) is 66.1 Å². The van der Waals surface area contributed by atoms with Crippen molar-refractivity contribution in [1.29, 1.82) is 0 Å². The maximum absolute atomic E-state index is 12.8. The molecule has 0 fully saturated rings. The van der Waals surface area contributed by atoms with Crippen molar-refractivity contribution in [3.63, 3.8) is 0 Å². The molecular weight excluding hydrogens is 464 g/mol. The molecule has 0 bridgehead atoms. The predicted octanol–water partition coefficient (Wildman–Crippen LogP) is 5.82. The number of benzene rings is 3. The van der Waals surface area contributed by atoms with Crippen molar-refractivity contribution in [3.05, 3.63) is 87.6 Å². The normalized spacial score (nSPS) is 18.3. The summed E-state index contributed by atoms with van der Waals surface area (Å²) in [5.41, 5.74) is 1.99. The van der Waals surface area contributed by atoms with Crippen LogP contribution in [0.2, 0.25) is 0 Å². The van der Waals surface area contributed by atoms with E-state index in [9.17, 15) is 4.79 Å². The largest absolute Gasteiger partial charge is 0.496 e. The third-order valence-corrected chi connectivity index (χ3v) is 7.52. The predicted molar refractivity (Wildman–Crippen MR) is 134 cm³/mol. The van der Waals surface area contributed by atoms with Crippen molar-refractivity contribution in [3.8, 4) is 23.0 Å². The minimum atomic E-state index is -0.981. The Morgan fingerprint density at radius 1 is 0.914 bits per heavy atom. The van der Waals surface area contributed by atoms with Crippen LogP contribution in [0.3, 0.4) is 0 Å². The lowest BCUT2D eigenvalue weighted by atomic mass is 9.82. The molecule has 6 nitrogen and oxygen atoms in total. The molecule has 1 unspecified atom stereocenters. The second-order valence-corrected chi connectivity index (χ2v) is 9.27. The molecule has 2 aliphatic heterocycles. The van der Waals surface area contributed by atoms with E-state index in [-0.39, 0.29) is 12.6 Å². The second kappa shape index (κ2) is 8.06. The van der Waals surface area contributed by atoms with Crippen LogP contribution in [0.4, 0.5) is 0 Å². The van der Waals surface area contributed by atoms with Gasteiger partial charge in [0, 0.05) is 22.1 Å². The van der Waals surface area contributed by atoms with Crippen LogP contribution in [0.1, 0.15) is 26.4 Å². The first-order valence-corrected chi connectivity index (χ1v) is 12.0. The van der Waals surface area contributed by atoms with E-state index in [1.807, 2.05) is 60.0 Å². The van der Waals surface area contributed by atoms with Crippen molar-refractivity contribution in [2.45, 2.75) is 5.60 Å².